The Kier molecular flexibility index (Phi) is 5.75. The van der Waals surface area contributed by atoms with E-state index in [9.17, 15) is 9.59 Å². The third-order valence-electron chi connectivity index (χ3n) is 2.67. The highest BCUT2D eigenvalue weighted by Gasteiger charge is 2.23. The van der Waals surface area contributed by atoms with Crippen LogP contribution in [0, 0.1) is 0 Å². The first-order valence-corrected chi connectivity index (χ1v) is 6.61. The number of rotatable bonds is 4. The lowest BCUT2D eigenvalue weighted by molar-refractivity contribution is -0.153. The van der Waals surface area contributed by atoms with Gasteiger partial charge in [-0.2, -0.15) is 0 Å². The summed E-state index contributed by atoms with van der Waals surface area (Å²) in [5.41, 5.74) is -0.504. The van der Waals surface area contributed by atoms with E-state index in [0.717, 1.165) is 0 Å². The zero-order valence-corrected chi connectivity index (χ0v) is 12.2. The Morgan fingerprint density at radius 3 is 2.42 bits per heavy atom. The number of ether oxygens (including phenoxy) is 2. The summed E-state index contributed by atoms with van der Waals surface area (Å²) in [7, 11) is 0. The lowest BCUT2D eigenvalue weighted by Crippen LogP contribution is -2.50. The SMILES string of the molecule is CC(NCC(=O)OC(C)(C)C)C(=O)N1CCOCC1. The molecule has 6 nitrogen and oxygen atoms in total. The van der Waals surface area contributed by atoms with Gasteiger partial charge in [-0.1, -0.05) is 0 Å². The van der Waals surface area contributed by atoms with Crippen LogP contribution in [-0.4, -0.2) is 61.3 Å². The zero-order valence-electron chi connectivity index (χ0n) is 12.2. The molecule has 110 valence electrons. The molecule has 0 saturated carbocycles. The second kappa shape index (κ2) is 6.86. The Hall–Kier alpha value is -1.14. The Morgan fingerprint density at radius 2 is 1.89 bits per heavy atom. The molecule has 0 aliphatic carbocycles. The summed E-state index contributed by atoms with van der Waals surface area (Å²) >= 11 is 0. The third kappa shape index (κ3) is 6.02. The summed E-state index contributed by atoms with van der Waals surface area (Å²) in [4.78, 5) is 25.3. The van der Waals surface area contributed by atoms with Gasteiger partial charge in [-0.05, 0) is 27.7 Å². The van der Waals surface area contributed by atoms with E-state index in [-0.39, 0.29) is 18.4 Å². The summed E-state index contributed by atoms with van der Waals surface area (Å²) in [6.07, 6.45) is 0. The van der Waals surface area contributed by atoms with Gasteiger partial charge in [0.25, 0.3) is 0 Å². The van der Waals surface area contributed by atoms with Crippen molar-refractivity contribution in [3.63, 3.8) is 0 Å². The molecule has 0 spiro atoms. The molecular formula is C13H24N2O4. The van der Waals surface area contributed by atoms with Crippen molar-refractivity contribution in [2.24, 2.45) is 0 Å². The number of carbonyl (C=O) groups excluding carboxylic acids is 2. The number of hydrogen-bond donors (Lipinski definition) is 1. The Morgan fingerprint density at radius 1 is 1.32 bits per heavy atom. The van der Waals surface area contributed by atoms with Crippen molar-refractivity contribution in [3.8, 4) is 0 Å². The van der Waals surface area contributed by atoms with Crippen LogP contribution in [0.4, 0.5) is 0 Å². The largest absolute Gasteiger partial charge is 0.459 e. The average molecular weight is 272 g/mol. The summed E-state index contributed by atoms with van der Waals surface area (Å²) in [5.74, 6) is -0.360. The van der Waals surface area contributed by atoms with E-state index in [1.807, 2.05) is 20.8 Å². The molecule has 0 aromatic heterocycles. The van der Waals surface area contributed by atoms with Crippen LogP contribution in [0.3, 0.4) is 0 Å². The standard InChI is InChI=1S/C13H24N2O4/c1-10(12(17)15-5-7-18-8-6-15)14-9-11(16)19-13(2,3)4/h10,14H,5-9H2,1-4H3. The number of carbonyl (C=O) groups is 2. The van der Waals surface area contributed by atoms with Crippen LogP contribution >= 0.6 is 0 Å². The molecule has 0 aromatic rings. The lowest BCUT2D eigenvalue weighted by atomic mass is 10.2. The van der Waals surface area contributed by atoms with Crippen LogP contribution in [0.5, 0.6) is 0 Å². The number of morpholine rings is 1. The number of esters is 1. The Balaban J connectivity index is 2.31. The minimum atomic E-state index is -0.504. The zero-order chi connectivity index (χ0) is 14.5. The molecule has 19 heavy (non-hydrogen) atoms. The van der Waals surface area contributed by atoms with E-state index >= 15 is 0 Å². The maximum atomic E-state index is 12.1. The van der Waals surface area contributed by atoms with Gasteiger partial charge in [-0.3, -0.25) is 14.9 Å². The van der Waals surface area contributed by atoms with Crippen LogP contribution in [0.15, 0.2) is 0 Å². The number of nitrogens with zero attached hydrogens (tertiary/aromatic N) is 1. The van der Waals surface area contributed by atoms with E-state index in [1.165, 1.54) is 0 Å². The molecule has 1 N–H and O–H groups in total. The number of hydrogen-bond acceptors (Lipinski definition) is 5. The van der Waals surface area contributed by atoms with Crippen LogP contribution in [0.1, 0.15) is 27.7 Å². The predicted molar refractivity (Wildman–Crippen MR) is 70.7 cm³/mol. The van der Waals surface area contributed by atoms with E-state index in [2.05, 4.69) is 5.32 Å². The molecule has 1 fully saturated rings. The molecule has 6 heteroatoms. The van der Waals surface area contributed by atoms with Crippen molar-refractivity contribution >= 4 is 11.9 Å². The second-order valence-corrected chi connectivity index (χ2v) is 5.63. The van der Waals surface area contributed by atoms with Gasteiger partial charge in [0.15, 0.2) is 0 Å². The van der Waals surface area contributed by atoms with E-state index in [1.54, 1.807) is 11.8 Å². The van der Waals surface area contributed by atoms with Crippen LogP contribution in [-0.2, 0) is 19.1 Å². The monoisotopic (exact) mass is 272 g/mol. The van der Waals surface area contributed by atoms with Crippen LogP contribution in [0.2, 0.25) is 0 Å². The number of nitrogens with one attached hydrogen (secondary N) is 1. The molecule has 1 atom stereocenters. The molecule has 1 aliphatic rings. The Labute approximate surface area is 114 Å². The van der Waals surface area contributed by atoms with Crippen molar-refractivity contribution in [2.75, 3.05) is 32.8 Å². The maximum absolute atomic E-state index is 12.1. The second-order valence-electron chi connectivity index (χ2n) is 5.63. The van der Waals surface area contributed by atoms with Crippen molar-refractivity contribution in [1.29, 1.82) is 0 Å². The molecule has 1 unspecified atom stereocenters. The molecule has 1 aliphatic heterocycles. The number of amides is 1. The highest BCUT2D eigenvalue weighted by molar-refractivity contribution is 5.82. The molecular weight excluding hydrogens is 248 g/mol. The van der Waals surface area contributed by atoms with Crippen LogP contribution < -0.4 is 5.32 Å². The molecule has 0 radical (unpaired) electrons. The van der Waals surface area contributed by atoms with Gasteiger partial charge in [-0.25, -0.2) is 0 Å². The first-order valence-electron chi connectivity index (χ1n) is 6.61. The molecule has 0 bridgehead atoms. The minimum Gasteiger partial charge on any atom is -0.459 e. The average Bonchev–Trinajstić information content (AvgIpc) is 2.34. The van der Waals surface area contributed by atoms with Gasteiger partial charge >= 0.3 is 5.97 Å². The molecule has 1 amide bonds. The highest BCUT2D eigenvalue weighted by atomic mass is 16.6. The highest BCUT2D eigenvalue weighted by Crippen LogP contribution is 2.06. The first-order chi connectivity index (χ1) is 8.79. The van der Waals surface area contributed by atoms with Crippen LogP contribution in [0.25, 0.3) is 0 Å². The topological polar surface area (TPSA) is 67.9 Å². The quantitative estimate of drug-likeness (QED) is 0.739. The predicted octanol–water partition coefficient (Wildman–Crippen LogP) is 0.165. The fourth-order valence-electron chi connectivity index (χ4n) is 1.76. The smallest absolute Gasteiger partial charge is 0.320 e. The fraction of sp³-hybridized carbons (Fsp3) is 0.846. The molecule has 1 saturated heterocycles. The van der Waals surface area contributed by atoms with E-state index in [4.69, 9.17) is 9.47 Å². The molecule has 1 rings (SSSR count). The van der Waals surface area contributed by atoms with Gasteiger partial charge in [0.1, 0.15) is 5.60 Å². The van der Waals surface area contributed by atoms with E-state index in [0.29, 0.717) is 26.3 Å². The summed E-state index contributed by atoms with van der Waals surface area (Å²) in [5, 5.41) is 2.90. The fourth-order valence-corrected chi connectivity index (χ4v) is 1.76. The van der Waals surface area contributed by atoms with Crippen molar-refractivity contribution in [3.05, 3.63) is 0 Å². The van der Waals surface area contributed by atoms with E-state index < -0.39 is 11.6 Å². The lowest BCUT2D eigenvalue weighted by Gasteiger charge is -2.29. The van der Waals surface area contributed by atoms with Gasteiger partial charge in [0, 0.05) is 13.1 Å². The first kappa shape index (κ1) is 15.9. The molecule has 0 aromatic carbocycles. The van der Waals surface area contributed by atoms with Gasteiger partial charge in [0.05, 0.1) is 25.8 Å². The van der Waals surface area contributed by atoms with Crippen molar-refractivity contribution in [1.82, 2.24) is 10.2 Å². The normalized spacial score (nSPS) is 18.0. The summed E-state index contributed by atoms with van der Waals surface area (Å²) in [6.45, 7) is 9.59. The molecule has 1 heterocycles. The van der Waals surface area contributed by atoms with Crippen molar-refractivity contribution < 1.29 is 19.1 Å². The summed E-state index contributed by atoms with van der Waals surface area (Å²) < 4.78 is 10.4. The minimum absolute atomic E-state index is 0.00754. The van der Waals surface area contributed by atoms with Gasteiger partial charge in [-0.15, -0.1) is 0 Å². The summed E-state index contributed by atoms with van der Waals surface area (Å²) in [6, 6.07) is -0.398. The third-order valence-corrected chi connectivity index (χ3v) is 2.67. The van der Waals surface area contributed by atoms with Crippen molar-refractivity contribution in [2.45, 2.75) is 39.3 Å². The van der Waals surface area contributed by atoms with Gasteiger partial charge in [0.2, 0.25) is 5.91 Å². The van der Waals surface area contributed by atoms with Gasteiger partial charge < -0.3 is 14.4 Å². The Bertz CT molecular complexity index is 319. The maximum Gasteiger partial charge on any atom is 0.320 e.